The molecule has 1 N–H and O–H groups in total. The summed E-state index contributed by atoms with van der Waals surface area (Å²) in [5, 5.41) is 9.82. The van der Waals surface area contributed by atoms with Crippen LogP contribution in [-0.2, 0) is 0 Å². The van der Waals surface area contributed by atoms with E-state index in [0.29, 0.717) is 0 Å². The summed E-state index contributed by atoms with van der Waals surface area (Å²) in [7, 11) is 0. The lowest BCUT2D eigenvalue weighted by Crippen LogP contribution is -2.20. The number of hydrogen-bond acceptors (Lipinski definition) is 1. The van der Waals surface area contributed by atoms with Crippen molar-refractivity contribution in [3.63, 3.8) is 0 Å². The highest BCUT2D eigenvalue weighted by Gasteiger charge is 2.32. The van der Waals surface area contributed by atoms with Gasteiger partial charge in [-0.1, -0.05) is 19.1 Å². The average Bonchev–Trinajstić information content (AvgIpc) is 2.31. The molecule has 0 radical (unpaired) electrons. The summed E-state index contributed by atoms with van der Waals surface area (Å²) in [6.45, 7) is 9.71. The fourth-order valence-corrected chi connectivity index (χ4v) is 1.96. The Labute approximate surface area is 81.2 Å². The van der Waals surface area contributed by atoms with E-state index in [1.165, 1.54) is 5.57 Å². The van der Waals surface area contributed by atoms with E-state index in [1.54, 1.807) is 0 Å². The molecule has 0 saturated heterocycles. The zero-order valence-corrected chi connectivity index (χ0v) is 8.93. The highest BCUT2D eigenvalue weighted by Crippen LogP contribution is 2.42. The third-order valence-electron chi connectivity index (χ3n) is 2.88. The smallest absolute Gasteiger partial charge is 0.0800 e. The maximum absolute atomic E-state index is 9.82. The molecule has 0 aromatic carbocycles. The van der Waals surface area contributed by atoms with Crippen molar-refractivity contribution in [2.24, 2.45) is 5.41 Å². The molecular formula is C12H20O. The lowest BCUT2D eigenvalue weighted by atomic mass is 9.86. The van der Waals surface area contributed by atoms with Gasteiger partial charge in [0.15, 0.2) is 0 Å². The molecule has 0 spiro atoms. The standard InChI is InChI=1S/C12H20O/c1-5-7-12(4)8-6-10(9-12)11(2,3)13/h5,9,13H,1,6-8H2,2-4H3/t12-/m1/s1. The van der Waals surface area contributed by atoms with E-state index >= 15 is 0 Å². The van der Waals surface area contributed by atoms with Crippen LogP contribution in [0.15, 0.2) is 24.3 Å². The van der Waals surface area contributed by atoms with Gasteiger partial charge in [-0.15, -0.1) is 6.58 Å². The Bertz CT molecular complexity index is 232. The van der Waals surface area contributed by atoms with E-state index in [-0.39, 0.29) is 5.41 Å². The van der Waals surface area contributed by atoms with Gasteiger partial charge in [0.1, 0.15) is 0 Å². The second kappa shape index (κ2) is 3.30. The number of allylic oxidation sites excluding steroid dienone is 2. The summed E-state index contributed by atoms with van der Waals surface area (Å²) in [6, 6.07) is 0. The third-order valence-corrected chi connectivity index (χ3v) is 2.88. The summed E-state index contributed by atoms with van der Waals surface area (Å²) in [6.07, 6.45) is 7.36. The molecule has 1 heteroatoms. The van der Waals surface area contributed by atoms with E-state index in [4.69, 9.17) is 0 Å². The van der Waals surface area contributed by atoms with Gasteiger partial charge >= 0.3 is 0 Å². The summed E-state index contributed by atoms with van der Waals surface area (Å²) >= 11 is 0. The normalized spacial score (nSPS) is 28.8. The van der Waals surface area contributed by atoms with Crippen molar-refractivity contribution in [2.45, 2.75) is 45.6 Å². The van der Waals surface area contributed by atoms with Crippen LogP contribution in [0.3, 0.4) is 0 Å². The molecule has 0 fully saturated rings. The van der Waals surface area contributed by atoms with Gasteiger partial charge in [0, 0.05) is 0 Å². The predicted molar refractivity (Wildman–Crippen MR) is 56.5 cm³/mol. The summed E-state index contributed by atoms with van der Waals surface area (Å²) < 4.78 is 0. The Balaban J connectivity index is 2.78. The molecule has 0 aromatic heterocycles. The molecule has 0 saturated carbocycles. The van der Waals surface area contributed by atoms with Crippen LogP contribution in [0.1, 0.15) is 40.0 Å². The van der Waals surface area contributed by atoms with Gasteiger partial charge in [-0.25, -0.2) is 0 Å². The minimum absolute atomic E-state index is 0.233. The van der Waals surface area contributed by atoms with Crippen LogP contribution in [-0.4, -0.2) is 10.7 Å². The minimum atomic E-state index is -0.640. The molecule has 0 aromatic rings. The highest BCUT2D eigenvalue weighted by atomic mass is 16.3. The molecule has 1 rings (SSSR count). The van der Waals surface area contributed by atoms with Crippen molar-refractivity contribution in [2.75, 3.05) is 0 Å². The second-order valence-corrected chi connectivity index (χ2v) is 4.88. The van der Waals surface area contributed by atoms with Gasteiger partial charge in [0.05, 0.1) is 5.60 Å². The molecule has 0 unspecified atom stereocenters. The van der Waals surface area contributed by atoms with Crippen LogP contribution in [0.4, 0.5) is 0 Å². The minimum Gasteiger partial charge on any atom is -0.386 e. The molecule has 0 aliphatic heterocycles. The maximum Gasteiger partial charge on any atom is 0.0800 e. The zero-order valence-electron chi connectivity index (χ0n) is 8.93. The molecule has 13 heavy (non-hydrogen) atoms. The van der Waals surface area contributed by atoms with Crippen LogP contribution in [0.25, 0.3) is 0 Å². The van der Waals surface area contributed by atoms with E-state index in [1.807, 2.05) is 19.9 Å². The molecule has 1 atom stereocenters. The average molecular weight is 180 g/mol. The van der Waals surface area contributed by atoms with Gasteiger partial charge < -0.3 is 5.11 Å². The lowest BCUT2D eigenvalue weighted by Gasteiger charge is -2.20. The van der Waals surface area contributed by atoms with Crippen molar-refractivity contribution in [1.29, 1.82) is 0 Å². The monoisotopic (exact) mass is 180 g/mol. The van der Waals surface area contributed by atoms with Crippen LogP contribution < -0.4 is 0 Å². The second-order valence-electron chi connectivity index (χ2n) is 4.88. The first kappa shape index (κ1) is 10.5. The number of rotatable bonds is 3. The van der Waals surface area contributed by atoms with Crippen LogP contribution in [0.2, 0.25) is 0 Å². The summed E-state index contributed by atoms with van der Waals surface area (Å²) in [4.78, 5) is 0. The largest absolute Gasteiger partial charge is 0.386 e. The molecule has 1 aliphatic rings. The fourth-order valence-electron chi connectivity index (χ4n) is 1.96. The van der Waals surface area contributed by atoms with Gasteiger partial charge in [0.25, 0.3) is 0 Å². The number of hydrogen-bond donors (Lipinski definition) is 1. The van der Waals surface area contributed by atoms with Gasteiger partial charge in [-0.3, -0.25) is 0 Å². The Morgan fingerprint density at radius 2 is 2.31 bits per heavy atom. The third kappa shape index (κ3) is 2.44. The van der Waals surface area contributed by atoms with Crippen LogP contribution in [0, 0.1) is 5.41 Å². The van der Waals surface area contributed by atoms with Crippen molar-refractivity contribution >= 4 is 0 Å². The van der Waals surface area contributed by atoms with E-state index in [0.717, 1.165) is 19.3 Å². The Morgan fingerprint density at radius 1 is 1.69 bits per heavy atom. The quantitative estimate of drug-likeness (QED) is 0.662. The van der Waals surface area contributed by atoms with E-state index < -0.39 is 5.60 Å². The topological polar surface area (TPSA) is 20.2 Å². The molecule has 0 amide bonds. The molecule has 74 valence electrons. The van der Waals surface area contributed by atoms with Gasteiger partial charge in [-0.2, -0.15) is 0 Å². The van der Waals surface area contributed by atoms with Gasteiger partial charge in [-0.05, 0) is 44.1 Å². The molecular weight excluding hydrogens is 160 g/mol. The first-order valence-corrected chi connectivity index (χ1v) is 4.93. The van der Waals surface area contributed by atoms with Crippen LogP contribution >= 0.6 is 0 Å². The molecule has 0 bridgehead atoms. The zero-order chi connectivity index (χ0) is 10.1. The van der Waals surface area contributed by atoms with E-state index in [2.05, 4.69) is 19.6 Å². The van der Waals surface area contributed by atoms with E-state index in [9.17, 15) is 5.11 Å². The highest BCUT2D eigenvalue weighted by molar-refractivity contribution is 5.23. The van der Waals surface area contributed by atoms with Crippen molar-refractivity contribution in [3.05, 3.63) is 24.3 Å². The summed E-state index contributed by atoms with van der Waals surface area (Å²) in [5.74, 6) is 0. The first-order valence-electron chi connectivity index (χ1n) is 4.93. The molecule has 1 aliphatic carbocycles. The SMILES string of the molecule is C=CC[C@@]1(C)C=C(C(C)(C)O)CC1. The Morgan fingerprint density at radius 3 is 2.69 bits per heavy atom. The molecule has 0 heterocycles. The van der Waals surface area contributed by atoms with Crippen molar-refractivity contribution < 1.29 is 5.11 Å². The van der Waals surface area contributed by atoms with Crippen molar-refractivity contribution in [3.8, 4) is 0 Å². The first-order chi connectivity index (χ1) is 5.87. The Kier molecular flexibility index (Phi) is 2.67. The summed E-state index contributed by atoms with van der Waals surface area (Å²) in [5.41, 5.74) is 0.771. The predicted octanol–water partition coefficient (Wildman–Crippen LogP) is 3.06. The number of aliphatic hydroxyl groups is 1. The van der Waals surface area contributed by atoms with Gasteiger partial charge in [0.2, 0.25) is 0 Å². The Hall–Kier alpha value is -0.560. The van der Waals surface area contributed by atoms with Crippen LogP contribution in [0.5, 0.6) is 0 Å². The van der Waals surface area contributed by atoms with Crippen molar-refractivity contribution in [1.82, 2.24) is 0 Å². The molecule has 1 nitrogen and oxygen atoms in total. The maximum atomic E-state index is 9.82. The lowest BCUT2D eigenvalue weighted by molar-refractivity contribution is 0.117. The fraction of sp³-hybridized carbons (Fsp3) is 0.667.